The van der Waals surface area contributed by atoms with E-state index in [2.05, 4.69) is 67.7 Å². The molecule has 0 spiro atoms. The highest BCUT2D eigenvalue weighted by molar-refractivity contribution is 9.11. The van der Waals surface area contributed by atoms with Gasteiger partial charge in [0.05, 0.1) is 57.8 Å². The molecule has 0 amide bonds. The van der Waals surface area contributed by atoms with Crippen LogP contribution in [0.3, 0.4) is 0 Å². The molecule has 4 aromatic carbocycles. The topological polar surface area (TPSA) is 169 Å². The minimum Gasteiger partial charge on any atom is -0.493 e. The predicted octanol–water partition coefficient (Wildman–Crippen LogP) is 9.68. The van der Waals surface area contributed by atoms with Crippen molar-refractivity contribution < 1.29 is 38.0 Å². The number of Topliss-reactive ketones (excluding diaryl/α,β-unsaturated/α-hetero) is 1. The van der Waals surface area contributed by atoms with E-state index in [9.17, 15) is 4.79 Å². The summed E-state index contributed by atoms with van der Waals surface area (Å²) in [6, 6.07) is 24.2. The molecule has 2 heterocycles. The van der Waals surface area contributed by atoms with Crippen LogP contribution < -0.4 is 49.1 Å². The predicted molar refractivity (Wildman–Crippen MR) is 229 cm³/mol. The smallest absolute Gasteiger partial charge is 0.238 e. The Hall–Kier alpha value is -6.33. The Balaban J connectivity index is 0.000000223. The first-order valence-corrected chi connectivity index (χ1v) is 18.9. The maximum atomic E-state index is 11.6. The Morgan fingerprint density at radius 2 is 1.05 bits per heavy atom. The number of rotatable bonds is 16. The molecule has 0 unspecified atom stereocenters. The maximum absolute atomic E-state index is 11.6. The highest BCUT2D eigenvalue weighted by Gasteiger charge is 2.17. The summed E-state index contributed by atoms with van der Waals surface area (Å²) < 4.78 is 39.5. The van der Waals surface area contributed by atoms with E-state index in [1.807, 2.05) is 48.5 Å². The van der Waals surface area contributed by atoms with Gasteiger partial charge in [-0.25, -0.2) is 9.97 Å². The van der Waals surface area contributed by atoms with E-state index in [-0.39, 0.29) is 12.2 Å². The number of anilines is 6. The number of aromatic nitrogens is 4. The molecule has 0 saturated heterocycles. The first-order valence-electron chi connectivity index (χ1n) is 17.4. The molecule has 0 bridgehead atoms. The van der Waals surface area contributed by atoms with E-state index in [0.717, 1.165) is 15.7 Å². The van der Waals surface area contributed by atoms with Crippen molar-refractivity contribution in [1.29, 1.82) is 0 Å². The van der Waals surface area contributed by atoms with Gasteiger partial charge >= 0.3 is 0 Å². The van der Waals surface area contributed by atoms with Crippen LogP contribution in [-0.4, -0.2) is 68.4 Å². The molecule has 0 aliphatic rings. The molecule has 3 N–H and O–H groups in total. The van der Waals surface area contributed by atoms with Crippen LogP contribution in [0.4, 0.5) is 34.8 Å². The van der Waals surface area contributed by atoms with E-state index in [1.165, 1.54) is 6.92 Å². The maximum Gasteiger partial charge on any atom is 0.238 e. The van der Waals surface area contributed by atoms with Crippen LogP contribution in [0, 0.1) is 0 Å². The summed E-state index contributed by atoms with van der Waals surface area (Å²) in [7, 11) is 9.33. The number of methoxy groups -OCH3 is 6. The molecule has 6 rings (SSSR count). The van der Waals surface area contributed by atoms with Crippen molar-refractivity contribution in [3.63, 3.8) is 0 Å². The summed E-state index contributed by atoms with van der Waals surface area (Å²) in [5.74, 6) is 5.35. The lowest BCUT2D eigenvalue weighted by Crippen LogP contribution is -2.03. The third kappa shape index (κ3) is 11.2. The molecule has 0 saturated carbocycles. The highest BCUT2D eigenvalue weighted by Crippen LogP contribution is 2.42. The lowest BCUT2D eigenvalue weighted by molar-refractivity contribution is -0.116. The number of benzene rings is 4. The second-order valence-corrected chi connectivity index (χ2v) is 13.6. The molecule has 58 heavy (non-hydrogen) atoms. The van der Waals surface area contributed by atoms with Crippen molar-refractivity contribution in [3.05, 3.63) is 106 Å². The van der Waals surface area contributed by atoms with Gasteiger partial charge in [-0.15, -0.1) is 0 Å². The normalized spacial score (nSPS) is 10.3. The van der Waals surface area contributed by atoms with Crippen molar-refractivity contribution in [1.82, 2.24) is 19.9 Å². The molecule has 0 fully saturated rings. The van der Waals surface area contributed by atoms with Crippen LogP contribution >= 0.6 is 31.9 Å². The van der Waals surface area contributed by atoms with Gasteiger partial charge in [-0.1, -0.05) is 36.4 Å². The van der Waals surface area contributed by atoms with Gasteiger partial charge in [-0.3, -0.25) is 4.79 Å². The summed E-state index contributed by atoms with van der Waals surface area (Å²) in [4.78, 5) is 29.1. The number of para-hydroxylation sites is 2. The summed E-state index contributed by atoms with van der Waals surface area (Å²) in [5.41, 5.74) is 3.05. The number of nitrogens with one attached hydrogen (secondary N) is 3. The summed E-state index contributed by atoms with van der Waals surface area (Å²) in [6.07, 6.45) is 3.53. The van der Waals surface area contributed by atoms with Crippen molar-refractivity contribution in [2.45, 2.75) is 13.3 Å². The number of hydrogen-bond acceptors (Lipinski definition) is 15. The van der Waals surface area contributed by atoms with E-state index in [0.29, 0.717) is 79.7 Å². The van der Waals surface area contributed by atoms with E-state index < -0.39 is 0 Å². The van der Waals surface area contributed by atoms with E-state index in [1.54, 1.807) is 85.4 Å². The Bertz CT molecular complexity index is 2290. The second kappa shape index (κ2) is 20.7. The van der Waals surface area contributed by atoms with Crippen LogP contribution in [0.15, 0.2) is 100 Å². The number of nitrogens with zero attached hydrogens (tertiary/aromatic N) is 4. The van der Waals surface area contributed by atoms with Gasteiger partial charge in [0.1, 0.15) is 17.4 Å². The fourth-order valence-electron chi connectivity index (χ4n) is 5.34. The summed E-state index contributed by atoms with van der Waals surface area (Å²) >= 11 is 6.88. The van der Waals surface area contributed by atoms with Gasteiger partial charge in [-0.2, -0.15) is 9.97 Å². The first kappa shape index (κ1) is 42.8. The molecule has 0 aliphatic carbocycles. The van der Waals surface area contributed by atoms with Gasteiger partial charge in [-0.05, 0) is 57.0 Å². The number of ether oxygens (including phenoxy) is 7. The standard InChI is InChI=1S/C22H22BrN3O5.C19H19BrN4O3/c1-13(27)9-14-7-5-6-8-17(14)31-21-16(23)12-24-22(26-21)25-15-10-18(28-2)20(30-4)19(11-15)29-3;1-25-15-9-13(10-16(26-2)17(15)27-3)23-19-21-11-14(20)18(24-19)22-12-7-5-4-6-8-12/h5-8,10-12H,9H2,1-4H3,(H,24,25,26);4-11H,1-3H3,(H2,21,22,23,24). The fourth-order valence-corrected chi connectivity index (χ4v) is 5.91. The second-order valence-electron chi connectivity index (χ2n) is 11.9. The van der Waals surface area contributed by atoms with Gasteiger partial charge in [0.15, 0.2) is 23.0 Å². The largest absolute Gasteiger partial charge is 0.493 e. The van der Waals surface area contributed by atoms with Gasteiger partial charge in [0, 0.05) is 59.5 Å². The lowest BCUT2D eigenvalue weighted by Gasteiger charge is -2.15. The zero-order valence-electron chi connectivity index (χ0n) is 32.7. The van der Waals surface area contributed by atoms with Crippen molar-refractivity contribution in [3.8, 4) is 46.1 Å². The molecule has 0 atom stereocenters. The minimum atomic E-state index is 0.0440. The Kier molecular flexibility index (Phi) is 15.3. The number of ketones is 1. The van der Waals surface area contributed by atoms with E-state index >= 15 is 0 Å². The molecule has 6 aromatic rings. The molecular formula is C41H41Br2N7O8. The van der Waals surface area contributed by atoms with Crippen LogP contribution in [0.5, 0.6) is 46.1 Å². The SMILES string of the molecule is COc1cc(Nc2ncc(Br)c(Nc3ccccc3)n2)cc(OC)c1OC.COc1cc(Nc2ncc(Br)c(Oc3ccccc3CC(C)=O)n2)cc(OC)c1OC. The Morgan fingerprint density at radius 3 is 1.55 bits per heavy atom. The lowest BCUT2D eigenvalue weighted by atomic mass is 10.1. The average Bonchev–Trinajstić information content (AvgIpc) is 3.23. The van der Waals surface area contributed by atoms with Crippen LogP contribution in [-0.2, 0) is 11.2 Å². The first-order chi connectivity index (χ1) is 28.1. The third-order valence-corrected chi connectivity index (χ3v) is 9.08. The number of halogens is 2. The van der Waals surface area contributed by atoms with Gasteiger partial charge in [0.25, 0.3) is 0 Å². The third-order valence-electron chi connectivity index (χ3n) is 7.95. The van der Waals surface area contributed by atoms with Crippen LogP contribution in [0.1, 0.15) is 12.5 Å². The fraction of sp³-hybridized carbons (Fsp3) is 0.195. The Labute approximate surface area is 352 Å². The summed E-state index contributed by atoms with van der Waals surface area (Å²) in [5, 5.41) is 9.53. The molecule has 0 radical (unpaired) electrons. The highest BCUT2D eigenvalue weighted by atomic mass is 79.9. The van der Waals surface area contributed by atoms with Crippen LogP contribution in [0.2, 0.25) is 0 Å². The molecule has 17 heteroatoms. The zero-order valence-corrected chi connectivity index (χ0v) is 35.9. The molecule has 302 valence electrons. The van der Waals surface area contributed by atoms with Crippen molar-refractivity contribution in [2.24, 2.45) is 0 Å². The van der Waals surface area contributed by atoms with Crippen LogP contribution in [0.25, 0.3) is 0 Å². The van der Waals surface area contributed by atoms with Gasteiger partial charge in [0.2, 0.25) is 29.3 Å². The van der Waals surface area contributed by atoms with Crippen molar-refractivity contribution >= 4 is 72.4 Å². The van der Waals surface area contributed by atoms with E-state index in [4.69, 9.17) is 33.2 Å². The quantitative estimate of drug-likeness (QED) is 0.0838. The monoisotopic (exact) mass is 917 g/mol. The molecular weight excluding hydrogens is 878 g/mol. The zero-order chi connectivity index (χ0) is 41.6. The summed E-state index contributed by atoms with van der Waals surface area (Å²) in [6.45, 7) is 1.54. The molecule has 0 aliphatic heterocycles. The van der Waals surface area contributed by atoms with Crippen molar-refractivity contribution in [2.75, 3.05) is 58.6 Å². The number of carbonyl (C=O) groups excluding carboxylic acids is 1. The molecule has 15 nitrogen and oxygen atoms in total. The number of hydrogen-bond donors (Lipinski definition) is 3. The average molecular weight is 920 g/mol. The Morgan fingerprint density at radius 1 is 0.569 bits per heavy atom. The van der Waals surface area contributed by atoms with Gasteiger partial charge < -0.3 is 49.1 Å². The number of carbonyl (C=O) groups is 1. The molecule has 2 aromatic heterocycles. The minimum absolute atomic E-state index is 0.0440.